The van der Waals surface area contributed by atoms with Gasteiger partial charge < -0.3 is 20.6 Å². The van der Waals surface area contributed by atoms with Gasteiger partial charge in [-0.2, -0.15) is 18.4 Å². The first kappa shape index (κ1) is 25.3. The fraction of sp³-hybridized carbons (Fsp3) is 0.240. The number of amides is 2. The second kappa shape index (κ2) is 10.0. The fourth-order valence-corrected chi connectivity index (χ4v) is 4.19. The molecular weight excluding hydrogens is 495 g/mol. The largest absolute Gasteiger partial charge is 0.416 e. The lowest BCUT2D eigenvalue weighted by atomic mass is 9.84. The molecule has 0 radical (unpaired) electrons. The number of rotatable bonds is 4. The van der Waals surface area contributed by atoms with Crippen LogP contribution in [0, 0.1) is 11.3 Å². The lowest BCUT2D eigenvalue weighted by Crippen LogP contribution is -2.43. The molecule has 186 valence electrons. The van der Waals surface area contributed by atoms with E-state index in [0.29, 0.717) is 36.8 Å². The summed E-state index contributed by atoms with van der Waals surface area (Å²) in [5.41, 5.74) is -0.752. The Labute approximate surface area is 210 Å². The van der Waals surface area contributed by atoms with Gasteiger partial charge in [0.05, 0.1) is 28.6 Å². The van der Waals surface area contributed by atoms with Crippen molar-refractivity contribution in [2.45, 2.75) is 24.6 Å². The summed E-state index contributed by atoms with van der Waals surface area (Å²) >= 11 is 5.94. The number of halogens is 4. The van der Waals surface area contributed by atoms with Gasteiger partial charge in [-0.1, -0.05) is 29.8 Å². The number of anilines is 3. The molecule has 0 unspecified atom stereocenters. The van der Waals surface area contributed by atoms with Gasteiger partial charge in [0.15, 0.2) is 0 Å². The van der Waals surface area contributed by atoms with Crippen molar-refractivity contribution in [2.24, 2.45) is 0 Å². The van der Waals surface area contributed by atoms with Crippen LogP contribution in [0.15, 0.2) is 60.8 Å². The van der Waals surface area contributed by atoms with E-state index in [4.69, 9.17) is 11.6 Å². The zero-order valence-electron chi connectivity index (χ0n) is 18.8. The number of nitrogens with one attached hydrogen (secondary N) is 2. The van der Waals surface area contributed by atoms with E-state index in [1.807, 2.05) is 4.90 Å². The first-order chi connectivity index (χ1) is 17.1. The molecule has 0 saturated carbocycles. The van der Waals surface area contributed by atoms with Crippen LogP contribution in [0.1, 0.15) is 29.5 Å². The lowest BCUT2D eigenvalue weighted by molar-refractivity contribution is -0.137. The third kappa shape index (κ3) is 5.70. The zero-order chi connectivity index (χ0) is 25.9. The van der Waals surface area contributed by atoms with E-state index in [1.54, 1.807) is 24.3 Å². The van der Waals surface area contributed by atoms with Crippen LogP contribution < -0.4 is 15.5 Å². The van der Waals surface area contributed by atoms with Gasteiger partial charge in [0.25, 0.3) is 0 Å². The van der Waals surface area contributed by atoms with Crippen molar-refractivity contribution in [2.75, 3.05) is 28.6 Å². The van der Waals surface area contributed by atoms with Crippen molar-refractivity contribution in [3.05, 3.63) is 82.5 Å². The number of piperidine rings is 1. The van der Waals surface area contributed by atoms with Crippen LogP contribution >= 0.6 is 11.6 Å². The van der Waals surface area contributed by atoms with Gasteiger partial charge in [-0.15, -0.1) is 0 Å². The molecular formula is C25H21ClF3N5O2. The summed E-state index contributed by atoms with van der Waals surface area (Å²) in [6, 6.07) is 14.0. The summed E-state index contributed by atoms with van der Waals surface area (Å²) in [5, 5.41) is 26.1. The van der Waals surface area contributed by atoms with Crippen LogP contribution in [0.2, 0.25) is 5.02 Å². The topological polar surface area (TPSA) is 101 Å². The Kier molecular flexibility index (Phi) is 7.06. The van der Waals surface area contributed by atoms with Crippen LogP contribution in [-0.4, -0.2) is 29.2 Å². The number of nitrogens with zero attached hydrogens (tertiary/aromatic N) is 3. The maximum Gasteiger partial charge on any atom is 0.416 e. The third-order valence-corrected chi connectivity index (χ3v) is 6.22. The summed E-state index contributed by atoms with van der Waals surface area (Å²) in [4.78, 5) is 18.5. The molecule has 36 heavy (non-hydrogen) atoms. The summed E-state index contributed by atoms with van der Waals surface area (Å²) in [6.07, 6.45) is -2.34. The minimum Gasteiger partial charge on any atom is -0.385 e. The quantitative estimate of drug-likeness (QED) is 0.410. The Balaban J connectivity index is 1.42. The monoisotopic (exact) mass is 515 g/mol. The molecule has 1 aromatic heterocycles. The Bertz CT molecular complexity index is 1300. The smallest absolute Gasteiger partial charge is 0.385 e. The van der Waals surface area contributed by atoms with Crippen molar-refractivity contribution < 1.29 is 23.1 Å². The molecule has 1 aliphatic rings. The summed E-state index contributed by atoms with van der Waals surface area (Å²) in [5.74, 6) is 0.416. The number of carbonyl (C=O) groups excluding carboxylic acids is 1. The molecule has 3 N–H and O–H groups in total. The van der Waals surface area contributed by atoms with Gasteiger partial charge in [-0.3, -0.25) is 0 Å². The molecule has 11 heteroatoms. The standard InChI is InChI=1S/C25H21ClF3N5O2/c26-19-6-4-17(5-7-19)24(36)8-10-34(11-9-24)22-16(14-30)12-21(15-31-22)33-23(35)32-20-3-1-2-18(13-20)25(27,28)29/h1-7,12-13,15,36H,8-11H2,(H2,32,33,35). The second-order valence-corrected chi connectivity index (χ2v) is 8.83. The molecule has 1 fully saturated rings. The molecule has 3 aromatic rings. The average Bonchev–Trinajstić information content (AvgIpc) is 2.84. The summed E-state index contributed by atoms with van der Waals surface area (Å²) in [7, 11) is 0. The van der Waals surface area contributed by atoms with Crippen molar-refractivity contribution in [1.82, 2.24) is 4.98 Å². The summed E-state index contributed by atoms with van der Waals surface area (Å²) in [6.45, 7) is 0.896. The number of hydrogen-bond donors (Lipinski definition) is 3. The molecule has 4 rings (SSSR count). The number of pyridine rings is 1. The number of carbonyl (C=O) groups is 1. The van der Waals surface area contributed by atoms with E-state index < -0.39 is 23.4 Å². The first-order valence-corrected chi connectivity index (χ1v) is 11.3. The van der Waals surface area contributed by atoms with Crippen molar-refractivity contribution in [3.8, 4) is 6.07 Å². The molecule has 0 spiro atoms. The van der Waals surface area contributed by atoms with Crippen molar-refractivity contribution in [3.63, 3.8) is 0 Å². The van der Waals surface area contributed by atoms with E-state index >= 15 is 0 Å². The molecule has 2 aromatic carbocycles. The highest BCUT2D eigenvalue weighted by Crippen LogP contribution is 2.35. The Morgan fingerprint density at radius 1 is 1.08 bits per heavy atom. The lowest BCUT2D eigenvalue weighted by Gasteiger charge is -2.39. The molecule has 2 heterocycles. The number of aromatic nitrogens is 1. The van der Waals surface area contributed by atoms with Gasteiger partial charge in [-0.25, -0.2) is 9.78 Å². The molecule has 1 aliphatic heterocycles. The Hall–Kier alpha value is -3.81. The number of aliphatic hydroxyl groups is 1. The molecule has 0 aliphatic carbocycles. The number of benzene rings is 2. The fourth-order valence-electron chi connectivity index (χ4n) is 4.06. The van der Waals surface area contributed by atoms with E-state index in [-0.39, 0.29) is 16.9 Å². The molecule has 2 amide bonds. The molecule has 1 saturated heterocycles. The SMILES string of the molecule is N#Cc1cc(NC(=O)Nc2cccc(C(F)(F)F)c2)cnc1N1CCC(O)(c2ccc(Cl)cc2)CC1. The minimum absolute atomic E-state index is 0.0334. The predicted molar refractivity (Wildman–Crippen MR) is 130 cm³/mol. The minimum atomic E-state index is -4.53. The van der Waals surface area contributed by atoms with Gasteiger partial charge in [0.2, 0.25) is 0 Å². The first-order valence-electron chi connectivity index (χ1n) is 11.0. The normalized spacial score (nSPS) is 15.2. The number of alkyl halides is 3. The summed E-state index contributed by atoms with van der Waals surface area (Å²) < 4.78 is 38.6. The van der Waals surface area contributed by atoms with E-state index in [9.17, 15) is 28.3 Å². The van der Waals surface area contributed by atoms with Crippen molar-refractivity contribution >= 4 is 34.8 Å². The van der Waals surface area contributed by atoms with Crippen LogP contribution in [0.4, 0.5) is 35.2 Å². The highest BCUT2D eigenvalue weighted by atomic mass is 35.5. The Morgan fingerprint density at radius 2 is 1.75 bits per heavy atom. The highest BCUT2D eigenvalue weighted by Gasteiger charge is 2.35. The van der Waals surface area contributed by atoms with E-state index in [0.717, 1.165) is 17.7 Å². The maximum atomic E-state index is 12.9. The van der Waals surface area contributed by atoms with Gasteiger partial charge in [0.1, 0.15) is 11.9 Å². The number of urea groups is 1. The molecule has 7 nitrogen and oxygen atoms in total. The maximum absolute atomic E-state index is 12.9. The second-order valence-electron chi connectivity index (χ2n) is 8.39. The van der Waals surface area contributed by atoms with Crippen molar-refractivity contribution in [1.29, 1.82) is 5.26 Å². The predicted octanol–water partition coefficient (Wildman–Crippen LogP) is 5.76. The number of nitriles is 1. The highest BCUT2D eigenvalue weighted by molar-refractivity contribution is 6.30. The van der Waals surface area contributed by atoms with Crippen LogP contribution in [0.5, 0.6) is 0 Å². The average molecular weight is 516 g/mol. The van der Waals surface area contributed by atoms with Gasteiger partial charge in [0, 0.05) is 23.8 Å². The van der Waals surface area contributed by atoms with E-state index in [1.165, 1.54) is 24.4 Å². The number of hydrogen-bond acceptors (Lipinski definition) is 5. The molecule has 0 bridgehead atoms. The van der Waals surface area contributed by atoms with Gasteiger partial charge in [-0.05, 0) is 54.8 Å². The molecule has 0 atom stereocenters. The van der Waals surface area contributed by atoms with Gasteiger partial charge >= 0.3 is 12.2 Å². The third-order valence-electron chi connectivity index (χ3n) is 5.96. The van der Waals surface area contributed by atoms with E-state index in [2.05, 4.69) is 21.7 Å². The van der Waals surface area contributed by atoms with Crippen LogP contribution in [-0.2, 0) is 11.8 Å². The Morgan fingerprint density at radius 3 is 2.39 bits per heavy atom. The zero-order valence-corrected chi connectivity index (χ0v) is 19.6. The van der Waals surface area contributed by atoms with Crippen LogP contribution in [0.3, 0.4) is 0 Å². The van der Waals surface area contributed by atoms with Crippen LogP contribution in [0.25, 0.3) is 0 Å².